The van der Waals surface area contributed by atoms with Crippen LogP contribution in [-0.2, 0) is 0 Å². The Morgan fingerprint density at radius 1 is 0.941 bits per heavy atom. The minimum Gasteiger partial charge on any atom is -0.399 e. The Morgan fingerprint density at radius 2 is 1.65 bits per heavy atom. The highest BCUT2D eigenvalue weighted by molar-refractivity contribution is 5.40. The van der Waals surface area contributed by atoms with Crippen LogP contribution in [-0.4, -0.2) is 17.5 Å². The Kier molecular flexibility index (Phi) is 3.06. The zero-order chi connectivity index (χ0) is 11.7. The first-order valence-electron chi connectivity index (χ1n) is 6.96. The molecule has 0 aromatic heterocycles. The van der Waals surface area contributed by atoms with E-state index in [0.717, 1.165) is 11.7 Å². The molecule has 2 N–H and O–H groups in total. The van der Waals surface area contributed by atoms with Crippen LogP contribution in [0.1, 0.15) is 50.1 Å². The van der Waals surface area contributed by atoms with Crippen molar-refractivity contribution in [1.29, 1.82) is 0 Å². The van der Waals surface area contributed by atoms with Crippen LogP contribution < -0.4 is 5.73 Å². The summed E-state index contributed by atoms with van der Waals surface area (Å²) in [6.45, 7) is 1.29. The largest absolute Gasteiger partial charge is 0.399 e. The quantitative estimate of drug-likeness (QED) is 0.789. The first kappa shape index (κ1) is 11.1. The number of nitrogen functional groups attached to an aromatic ring is 1. The van der Waals surface area contributed by atoms with E-state index in [9.17, 15) is 0 Å². The van der Waals surface area contributed by atoms with Crippen molar-refractivity contribution in [2.45, 2.75) is 50.6 Å². The summed E-state index contributed by atoms with van der Waals surface area (Å²) in [6, 6.07) is 10.0. The molecule has 0 spiro atoms. The van der Waals surface area contributed by atoms with Crippen LogP contribution in [0, 0.1) is 0 Å². The summed E-state index contributed by atoms with van der Waals surface area (Å²) in [4.78, 5) is 2.75. The molecule has 1 unspecified atom stereocenters. The molecule has 1 aromatic carbocycles. The zero-order valence-corrected chi connectivity index (χ0v) is 10.4. The van der Waals surface area contributed by atoms with Crippen molar-refractivity contribution < 1.29 is 0 Å². The highest BCUT2D eigenvalue weighted by atomic mass is 15.2. The van der Waals surface area contributed by atoms with Gasteiger partial charge >= 0.3 is 0 Å². The van der Waals surface area contributed by atoms with Gasteiger partial charge in [0.05, 0.1) is 0 Å². The number of benzene rings is 1. The number of likely N-dealkylation sites (tertiary alicyclic amines) is 1. The van der Waals surface area contributed by atoms with Gasteiger partial charge in [-0.05, 0) is 49.9 Å². The van der Waals surface area contributed by atoms with E-state index in [2.05, 4.69) is 17.0 Å². The van der Waals surface area contributed by atoms with Crippen molar-refractivity contribution in [1.82, 2.24) is 4.90 Å². The Bertz CT molecular complexity index is 365. The van der Waals surface area contributed by atoms with Gasteiger partial charge in [0.1, 0.15) is 0 Å². The second kappa shape index (κ2) is 4.69. The molecular weight excluding hydrogens is 208 g/mol. The van der Waals surface area contributed by atoms with E-state index in [1.54, 1.807) is 0 Å². The summed E-state index contributed by atoms with van der Waals surface area (Å²) in [7, 11) is 0. The Balaban J connectivity index is 1.78. The number of hydrogen-bond acceptors (Lipinski definition) is 2. The van der Waals surface area contributed by atoms with Crippen LogP contribution in [0.4, 0.5) is 5.69 Å². The molecular formula is C15H22N2. The summed E-state index contributed by atoms with van der Waals surface area (Å²) in [5.74, 6) is 0. The third-order valence-electron chi connectivity index (χ3n) is 4.41. The average molecular weight is 230 g/mol. The summed E-state index contributed by atoms with van der Waals surface area (Å²) in [5, 5.41) is 0. The van der Waals surface area contributed by atoms with Crippen molar-refractivity contribution in [3.05, 3.63) is 29.8 Å². The molecule has 1 aliphatic carbocycles. The second-order valence-electron chi connectivity index (χ2n) is 5.50. The smallest absolute Gasteiger partial charge is 0.0351 e. The summed E-state index contributed by atoms with van der Waals surface area (Å²) < 4.78 is 0. The van der Waals surface area contributed by atoms with Gasteiger partial charge < -0.3 is 5.73 Å². The van der Waals surface area contributed by atoms with Crippen LogP contribution in [0.3, 0.4) is 0 Å². The predicted molar refractivity (Wildman–Crippen MR) is 71.8 cm³/mol. The number of nitrogens with two attached hydrogens (primary N) is 1. The maximum absolute atomic E-state index is 5.77. The van der Waals surface area contributed by atoms with Gasteiger partial charge in [0, 0.05) is 17.8 Å². The van der Waals surface area contributed by atoms with Gasteiger partial charge in [0.15, 0.2) is 0 Å². The van der Waals surface area contributed by atoms with E-state index >= 15 is 0 Å². The molecule has 1 atom stereocenters. The van der Waals surface area contributed by atoms with Crippen molar-refractivity contribution in [3.8, 4) is 0 Å². The zero-order valence-electron chi connectivity index (χ0n) is 10.4. The molecule has 1 saturated carbocycles. The lowest BCUT2D eigenvalue weighted by molar-refractivity contribution is 0.183. The van der Waals surface area contributed by atoms with Crippen LogP contribution in [0.5, 0.6) is 0 Å². The first-order valence-corrected chi connectivity index (χ1v) is 6.96. The molecule has 3 rings (SSSR count). The van der Waals surface area contributed by atoms with E-state index in [0.29, 0.717) is 6.04 Å². The third kappa shape index (κ3) is 2.19. The molecule has 1 heterocycles. The lowest BCUT2D eigenvalue weighted by Crippen LogP contribution is -2.32. The molecule has 2 aliphatic rings. The average Bonchev–Trinajstić information content (AvgIpc) is 3.00. The Hall–Kier alpha value is -1.02. The van der Waals surface area contributed by atoms with Gasteiger partial charge in [0.2, 0.25) is 0 Å². The maximum atomic E-state index is 5.77. The minimum atomic E-state index is 0.652. The molecule has 2 nitrogen and oxygen atoms in total. The van der Waals surface area contributed by atoms with Gasteiger partial charge in [-0.15, -0.1) is 0 Å². The number of nitrogens with zero attached hydrogens (tertiary/aromatic N) is 1. The second-order valence-corrected chi connectivity index (χ2v) is 5.50. The fraction of sp³-hybridized carbons (Fsp3) is 0.600. The van der Waals surface area contributed by atoms with Crippen molar-refractivity contribution >= 4 is 5.69 Å². The normalized spacial score (nSPS) is 26.7. The summed E-state index contributed by atoms with van der Waals surface area (Å²) >= 11 is 0. The molecule has 17 heavy (non-hydrogen) atoms. The van der Waals surface area contributed by atoms with Gasteiger partial charge in [0.25, 0.3) is 0 Å². The highest BCUT2D eigenvalue weighted by Crippen LogP contribution is 2.38. The van der Waals surface area contributed by atoms with E-state index in [1.165, 1.54) is 50.6 Å². The topological polar surface area (TPSA) is 29.3 Å². The SMILES string of the molecule is Nc1ccc(C2CCCN2C2CCCC2)cc1. The molecule has 1 saturated heterocycles. The monoisotopic (exact) mass is 230 g/mol. The fourth-order valence-corrected chi connectivity index (χ4v) is 3.54. The van der Waals surface area contributed by atoms with Gasteiger partial charge in [-0.3, -0.25) is 4.90 Å². The van der Waals surface area contributed by atoms with E-state index in [4.69, 9.17) is 5.73 Å². The van der Waals surface area contributed by atoms with Crippen molar-refractivity contribution in [2.75, 3.05) is 12.3 Å². The summed E-state index contributed by atoms with van der Waals surface area (Å²) in [6.07, 6.45) is 8.34. The Morgan fingerprint density at radius 3 is 2.35 bits per heavy atom. The van der Waals surface area contributed by atoms with E-state index in [1.807, 2.05) is 12.1 Å². The van der Waals surface area contributed by atoms with E-state index < -0.39 is 0 Å². The third-order valence-corrected chi connectivity index (χ3v) is 4.41. The fourth-order valence-electron chi connectivity index (χ4n) is 3.54. The predicted octanol–water partition coefficient (Wildman–Crippen LogP) is 3.35. The van der Waals surface area contributed by atoms with Crippen molar-refractivity contribution in [2.24, 2.45) is 0 Å². The molecule has 1 aliphatic heterocycles. The van der Waals surface area contributed by atoms with Gasteiger partial charge in [-0.1, -0.05) is 25.0 Å². The van der Waals surface area contributed by atoms with Crippen LogP contribution in [0.2, 0.25) is 0 Å². The number of anilines is 1. The Labute approximate surface area is 104 Å². The lowest BCUT2D eigenvalue weighted by Gasteiger charge is -2.30. The first-order chi connectivity index (χ1) is 8.34. The maximum Gasteiger partial charge on any atom is 0.0351 e. The standard InChI is InChI=1S/C15H22N2/c16-13-9-7-12(8-10-13)15-6-3-11-17(15)14-4-1-2-5-14/h7-10,14-15H,1-6,11,16H2. The molecule has 2 fully saturated rings. The number of hydrogen-bond donors (Lipinski definition) is 1. The molecule has 92 valence electrons. The molecule has 0 bridgehead atoms. The molecule has 1 aromatic rings. The number of rotatable bonds is 2. The van der Waals surface area contributed by atoms with Gasteiger partial charge in [-0.25, -0.2) is 0 Å². The van der Waals surface area contributed by atoms with Gasteiger partial charge in [-0.2, -0.15) is 0 Å². The van der Waals surface area contributed by atoms with Crippen LogP contribution >= 0.6 is 0 Å². The van der Waals surface area contributed by atoms with Crippen LogP contribution in [0.25, 0.3) is 0 Å². The van der Waals surface area contributed by atoms with E-state index in [-0.39, 0.29) is 0 Å². The minimum absolute atomic E-state index is 0.652. The van der Waals surface area contributed by atoms with Crippen LogP contribution in [0.15, 0.2) is 24.3 Å². The summed E-state index contributed by atoms with van der Waals surface area (Å²) in [5.41, 5.74) is 8.10. The van der Waals surface area contributed by atoms with Crippen molar-refractivity contribution in [3.63, 3.8) is 0 Å². The molecule has 2 heteroatoms. The molecule has 0 radical (unpaired) electrons. The lowest BCUT2D eigenvalue weighted by atomic mass is 10.0. The molecule has 0 amide bonds. The highest BCUT2D eigenvalue weighted by Gasteiger charge is 2.32.